The summed E-state index contributed by atoms with van der Waals surface area (Å²) in [7, 11) is 0. The number of urea groups is 1. The molecular weight excluding hydrogens is 407 g/mol. The molecule has 0 spiro atoms. The van der Waals surface area contributed by atoms with E-state index in [9.17, 15) is 4.79 Å². The Morgan fingerprint density at radius 2 is 1.93 bits per heavy atom. The summed E-state index contributed by atoms with van der Waals surface area (Å²) in [5, 5.41) is 10.7. The number of carbonyl (C=O) groups excluding carboxylic acids is 1. The molecule has 2 fully saturated rings. The number of rotatable bonds is 7. The van der Waals surface area contributed by atoms with Crippen molar-refractivity contribution in [2.75, 3.05) is 32.7 Å². The Morgan fingerprint density at radius 3 is 2.62 bits per heavy atom. The number of halogens is 2. The molecule has 162 valence electrons. The highest BCUT2D eigenvalue weighted by atomic mass is 35.5. The van der Waals surface area contributed by atoms with E-state index in [1.54, 1.807) is 0 Å². The van der Waals surface area contributed by atoms with Gasteiger partial charge in [-0.1, -0.05) is 35.3 Å². The maximum Gasteiger partial charge on any atom is 0.314 e. The van der Waals surface area contributed by atoms with Gasteiger partial charge in [-0.15, -0.1) is 0 Å². The van der Waals surface area contributed by atoms with Crippen LogP contribution >= 0.6 is 23.2 Å². The fraction of sp³-hybridized carbons (Fsp3) is 0.682. The third-order valence-electron chi connectivity index (χ3n) is 6.30. The van der Waals surface area contributed by atoms with Gasteiger partial charge in [-0.05, 0) is 63.0 Å². The van der Waals surface area contributed by atoms with Crippen LogP contribution in [0.2, 0.25) is 10.0 Å². The van der Waals surface area contributed by atoms with Crippen molar-refractivity contribution < 1.29 is 4.79 Å². The Labute approximate surface area is 184 Å². The second kappa shape index (κ2) is 11.4. The first-order chi connectivity index (χ1) is 14.1. The van der Waals surface area contributed by atoms with Crippen molar-refractivity contribution in [1.29, 1.82) is 0 Å². The molecule has 2 amide bonds. The van der Waals surface area contributed by atoms with E-state index in [2.05, 4.69) is 26.9 Å². The van der Waals surface area contributed by atoms with Crippen molar-refractivity contribution >= 4 is 29.2 Å². The van der Waals surface area contributed by atoms with E-state index in [1.165, 1.54) is 19.3 Å². The fourth-order valence-corrected chi connectivity index (χ4v) is 5.13. The molecule has 1 saturated carbocycles. The summed E-state index contributed by atoms with van der Waals surface area (Å²) >= 11 is 12.9. The van der Waals surface area contributed by atoms with Gasteiger partial charge in [-0.2, -0.15) is 0 Å². The van der Waals surface area contributed by atoms with E-state index in [1.807, 2.05) is 19.1 Å². The van der Waals surface area contributed by atoms with Crippen LogP contribution in [0.5, 0.6) is 0 Å². The van der Waals surface area contributed by atoms with Gasteiger partial charge >= 0.3 is 6.03 Å². The van der Waals surface area contributed by atoms with Crippen molar-refractivity contribution in [2.45, 2.75) is 57.5 Å². The molecule has 1 aliphatic carbocycles. The summed E-state index contributed by atoms with van der Waals surface area (Å²) in [6, 6.07) is 6.60. The summed E-state index contributed by atoms with van der Waals surface area (Å²) in [4.78, 5) is 14.3. The number of carbonyl (C=O) groups is 1. The van der Waals surface area contributed by atoms with Crippen LogP contribution in [0.25, 0.3) is 0 Å². The van der Waals surface area contributed by atoms with Crippen LogP contribution in [0.15, 0.2) is 18.2 Å². The number of hydrogen-bond acceptors (Lipinski definition) is 3. The summed E-state index contributed by atoms with van der Waals surface area (Å²) in [6.45, 7) is 6.72. The standard InChI is InChI=1S/C22H34Cl2N4O/c1-2-26-22(29)27-17-9-6-16(7-10-17)8-11-20(28-14-12-25-13-15-28)18-4-3-5-19(23)21(18)24/h3-5,16-17,20,25H,2,6-15H2,1H3,(H2,26,27,29)/t16-,17-,20?. The molecule has 3 rings (SSSR count). The lowest BCUT2D eigenvalue weighted by atomic mass is 9.82. The highest BCUT2D eigenvalue weighted by molar-refractivity contribution is 6.42. The largest absolute Gasteiger partial charge is 0.338 e. The van der Waals surface area contributed by atoms with Gasteiger partial charge in [0.25, 0.3) is 0 Å². The first-order valence-corrected chi connectivity index (χ1v) is 11.8. The summed E-state index contributed by atoms with van der Waals surface area (Å²) in [5.74, 6) is 0.714. The minimum Gasteiger partial charge on any atom is -0.338 e. The first-order valence-electron chi connectivity index (χ1n) is 11.0. The molecule has 1 unspecified atom stereocenters. The van der Waals surface area contributed by atoms with Crippen molar-refractivity contribution in [3.63, 3.8) is 0 Å². The molecule has 1 heterocycles. The van der Waals surface area contributed by atoms with Crippen LogP contribution < -0.4 is 16.0 Å². The van der Waals surface area contributed by atoms with E-state index in [0.29, 0.717) is 34.6 Å². The molecule has 1 atom stereocenters. The van der Waals surface area contributed by atoms with Crippen molar-refractivity contribution in [2.24, 2.45) is 5.92 Å². The zero-order valence-electron chi connectivity index (χ0n) is 17.4. The number of nitrogens with one attached hydrogen (secondary N) is 3. The van der Waals surface area contributed by atoms with E-state index in [4.69, 9.17) is 23.2 Å². The number of piperazine rings is 1. The molecule has 2 aliphatic rings. The monoisotopic (exact) mass is 440 g/mol. The van der Waals surface area contributed by atoms with Crippen molar-refractivity contribution in [3.8, 4) is 0 Å². The molecule has 0 radical (unpaired) electrons. The summed E-state index contributed by atoms with van der Waals surface area (Å²) < 4.78 is 0. The second-order valence-corrected chi connectivity index (χ2v) is 9.03. The number of nitrogens with zero attached hydrogens (tertiary/aromatic N) is 1. The maximum absolute atomic E-state index is 11.7. The van der Waals surface area contributed by atoms with Gasteiger partial charge in [0.1, 0.15) is 0 Å². The maximum atomic E-state index is 11.7. The van der Waals surface area contributed by atoms with Crippen LogP contribution in [-0.4, -0.2) is 49.7 Å². The second-order valence-electron chi connectivity index (χ2n) is 8.24. The van der Waals surface area contributed by atoms with E-state index in [-0.39, 0.29) is 6.03 Å². The molecule has 1 aromatic rings. The van der Waals surface area contributed by atoms with Crippen molar-refractivity contribution in [3.05, 3.63) is 33.8 Å². The molecule has 3 N–H and O–H groups in total. The Balaban J connectivity index is 1.57. The van der Waals surface area contributed by atoms with Crippen LogP contribution in [0.4, 0.5) is 4.79 Å². The number of hydrogen-bond donors (Lipinski definition) is 3. The van der Waals surface area contributed by atoms with Crippen LogP contribution in [-0.2, 0) is 0 Å². The summed E-state index contributed by atoms with van der Waals surface area (Å²) in [6.07, 6.45) is 6.77. The molecule has 0 aromatic heterocycles. The third-order valence-corrected chi connectivity index (χ3v) is 7.13. The molecule has 7 heteroatoms. The third kappa shape index (κ3) is 6.48. The molecular formula is C22H34Cl2N4O. The minimum absolute atomic E-state index is 0.0367. The normalized spacial score (nSPS) is 24.1. The molecule has 1 aliphatic heterocycles. The Hall–Kier alpha value is -1.01. The molecule has 1 aromatic carbocycles. The van der Waals surface area contributed by atoms with Crippen LogP contribution in [0.1, 0.15) is 57.1 Å². The van der Waals surface area contributed by atoms with E-state index < -0.39 is 0 Å². The van der Waals surface area contributed by atoms with Crippen LogP contribution in [0, 0.1) is 5.92 Å². The fourth-order valence-electron chi connectivity index (χ4n) is 4.69. The number of amides is 2. The van der Waals surface area contributed by atoms with Crippen LogP contribution in [0.3, 0.4) is 0 Å². The van der Waals surface area contributed by atoms with Gasteiger partial charge in [-0.3, -0.25) is 4.90 Å². The van der Waals surface area contributed by atoms with Gasteiger partial charge < -0.3 is 16.0 Å². The smallest absolute Gasteiger partial charge is 0.314 e. The highest BCUT2D eigenvalue weighted by Gasteiger charge is 2.27. The topological polar surface area (TPSA) is 56.4 Å². The lowest BCUT2D eigenvalue weighted by Crippen LogP contribution is -2.45. The van der Waals surface area contributed by atoms with E-state index >= 15 is 0 Å². The Bertz CT molecular complexity index is 658. The summed E-state index contributed by atoms with van der Waals surface area (Å²) in [5.41, 5.74) is 1.16. The zero-order valence-corrected chi connectivity index (χ0v) is 18.9. The Kier molecular flexibility index (Phi) is 8.91. The van der Waals surface area contributed by atoms with Gasteiger partial charge in [0, 0.05) is 44.8 Å². The lowest BCUT2D eigenvalue weighted by Gasteiger charge is -2.37. The first kappa shape index (κ1) is 22.7. The van der Waals surface area contributed by atoms with Gasteiger partial charge in [-0.25, -0.2) is 4.79 Å². The molecule has 0 bridgehead atoms. The molecule has 29 heavy (non-hydrogen) atoms. The van der Waals surface area contributed by atoms with Gasteiger partial charge in [0.15, 0.2) is 0 Å². The predicted molar refractivity (Wildman–Crippen MR) is 121 cm³/mol. The predicted octanol–water partition coefficient (Wildman–Crippen LogP) is 4.60. The lowest BCUT2D eigenvalue weighted by molar-refractivity contribution is 0.152. The van der Waals surface area contributed by atoms with Crippen molar-refractivity contribution in [1.82, 2.24) is 20.9 Å². The average Bonchev–Trinajstić information content (AvgIpc) is 2.73. The SMILES string of the molecule is CCNC(=O)N[C@H]1CC[C@H](CCC(c2cccc(Cl)c2Cl)N2CCNCC2)CC1. The molecule has 5 nitrogen and oxygen atoms in total. The van der Waals surface area contributed by atoms with E-state index in [0.717, 1.165) is 51.0 Å². The molecule has 1 saturated heterocycles. The zero-order chi connectivity index (χ0) is 20.6. The highest BCUT2D eigenvalue weighted by Crippen LogP contribution is 2.38. The van der Waals surface area contributed by atoms with Gasteiger partial charge in [0.05, 0.1) is 10.0 Å². The van der Waals surface area contributed by atoms with Gasteiger partial charge in [0.2, 0.25) is 0 Å². The quantitative estimate of drug-likeness (QED) is 0.580. The minimum atomic E-state index is -0.0367. The Morgan fingerprint density at radius 1 is 1.21 bits per heavy atom. The number of benzene rings is 1. The average molecular weight is 441 g/mol.